The standard InChI is InChI=1S/C19H20ClF2N5O2/c20-10-4-12-13(7-24-16(12)23-6-10)17-25-8-14(21)18(27-17)26-11-2-1-3-19(29,5-11)15(22)9-28/h4,6-8,11,15,28-29H,1-3,5,9H2,(H,23,24)(H,25,26,27)/t11-,15?,19+/m0/s1. The number of fused-ring (bicyclic) bond motifs is 1. The number of hydrogen-bond acceptors (Lipinski definition) is 6. The second kappa shape index (κ2) is 7.81. The molecule has 154 valence electrons. The SMILES string of the molecule is OCC(F)[C@@]1(O)CCC[C@H](Nc2nc(-c3c[nH]c4ncc(Cl)cc34)ncc2F)C1. The molecule has 10 heteroatoms. The first-order valence-corrected chi connectivity index (χ1v) is 9.67. The van der Waals surface area contributed by atoms with Gasteiger partial charge in [0.15, 0.2) is 23.6 Å². The van der Waals surface area contributed by atoms with Crippen LogP contribution in [0.1, 0.15) is 25.7 Å². The van der Waals surface area contributed by atoms with E-state index in [0.717, 1.165) is 6.20 Å². The first kappa shape index (κ1) is 19.9. The highest BCUT2D eigenvalue weighted by Crippen LogP contribution is 2.35. The van der Waals surface area contributed by atoms with Crippen molar-refractivity contribution in [1.29, 1.82) is 0 Å². The molecule has 1 fully saturated rings. The summed E-state index contributed by atoms with van der Waals surface area (Å²) in [4.78, 5) is 15.5. The molecule has 29 heavy (non-hydrogen) atoms. The predicted molar refractivity (Wildman–Crippen MR) is 105 cm³/mol. The average molecular weight is 424 g/mol. The van der Waals surface area contributed by atoms with Crippen LogP contribution in [-0.4, -0.2) is 54.6 Å². The van der Waals surface area contributed by atoms with E-state index in [4.69, 9.17) is 16.7 Å². The van der Waals surface area contributed by atoms with Gasteiger partial charge in [0.05, 0.1) is 17.8 Å². The summed E-state index contributed by atoms with van der Waals surface area (Å²) in [5.41, 5.74) is -0.430. The van der Waals surface area contributed by atoms with Crippen molar-refractivity contribution in [3.63, 3.8) is 0 Å². The van der Waals surface area contributed by atoms with Gasteiger partial charge in [0.2, 0.25) is 0 Å². The minimum Gasteiger partial charge on any atom is -0.393 e. The van der Waals surface area contributed by atoms with E-state index in [1.807, 2.05) is 0 Å². The Hall–Kier alpha value is -2.36. The minimum absolute atomic E-state index is 0.0343. The highest BCUT2D eigenvalue weighted by molar-refractivity contribution is 6.31. The fourth-order valence-corrected chi connectivity index (χ4v) is 3.98. The molecule has 3 atom stereocenters. The number of anilines is 1. The molecule has 0 aromatic carbocycles. The molecule has 0 aliphatic heterocycles. The molecule has 3 aromatic heterocycles. The number of hydrogen-bond donors (Lipinski definition) is 4. The fraction of sp³-hybridized carbons (Fsp3) is 0.421. The lowest BCUT2D eigenvalue weighted by molar-refractivity contribution is -0.0812. The third-order valence-electron chi connectivity index (χ3n) is 5.33. The molecule has 4 rings (SSSR count). The quantitative estimate of drug-likeness (QED) is 0.502. The van der Waals surface area contributed by atoms with Crippen LogP contribution >= 0.6 is 11.6 Å². The molecule has 0 saturated heterocycles. The summed E-state index contributed by atoms with van der Waals surface area (Å²) in [5.74, 6) is -0.417. The van der Waals surface area contributed by atoms with Gasteiger partial charge in [-0.3, -0.25) is 0 Å². The van der Waals surface area contributed by atoms with Crippen molar-refractivity contribution in [1.82, 2.24) is 19.9 Å². The van der Waals surface area contributed by atoms with Gasteiger partial charge >= 0.3 is 0 Å². The van der Waals surface area contributed by atoms with Gasteiger partial charge in [-0.2, -0.15) is 0 Å². The van der Waals surface area contributed by atoms with Crippen LogP contribution in [0.2, 0.25) is 5.02 Å². The van der Waals surface area contributed by atoms with Gasteiger partial charge in [-0.15, -0.1) is 0 Å². The lowest BCUT2D eigenvalue weighted by atomic mass is 9.79. The number of aliphatic hydroxyl groups is 2. The number of H-pyrrole nitrogens is 1. The molecule has 0 amide bonds. The third kappa shape index (κ3) is 3.90. The molecular formula is C19H20ClF2N5O2. The Morgan fingerprint density at radius 2 is 2.21 bits per heavy atom. The number of aromatic nitrogens is 4. The third-order valence-corrected chi connectivity index (χ3v) is 5.54. The van der Waals surface area contributed by atoms with Crippen LogP contribution in [0.15, 0.2) is 24.7 Å². The Balaban J connectivity index is 1.61. The summed E-state index contributed by atoms with van der Waals surface area (Å²) in [7, 11) is 0. The Labute approximate surface area is 170 Å². The second-order valence-corrected chi connectivity index (χ2v) is 7.77. The van der Waals surface area contributed by atoms with Gasteiger partial charge < -0.3 is 20.5 Å². The number of aromatic amines is 1. The molecule has 1 aliphatic carbocycles. The zero-order valence-corrected chi connectivity index (χ0v) is 16.1. The molecule has 3 aromatic rings. The molecule has 1 saturated carbocycles. The first-order chi connectivity index (χ1) is 13.9. The van der Waals surface area contributed by atoms with Gasteiger partial charge in [-0.1, -0.05) is 11.6 Å². The van der Waals surface area contributed by atoms with Crippen molar-refractivity contribution < 1.29 is 19.0 Å². The van der Waals surface area contributed by atoms with E-state index in [0.29, 0.717) is 34.5 Å². The lowest BCUT2D eigenvalue weighted by Gasteiger charge is -2.38. The van der Waals surface area contributed by atoms with Crippen molar-refractivity contribution >= 4 is 28.5 Å². The Kier molecular flexibility index (Phi) is 5.37. The van der Waals surface area contributed by atoms with Crippen molar-refractivity contribution in [3.05, 3.63) is 35.5 Å². The molecule has 0 spiro atoms. The van der Waals surface area contributed by atoms with E-state index in [2.05, 4.69) is 25.3 Å². The number of halogens is 3. The van der Waals surface area contributed by atoms with Crippen LogP contribution in [0.25, 0.3) is 22.4 Å². The van der Waals surface area contributed by atoms with Crippen molar-refractivity contribution in [2.45, 2.75) is 43.5 Å². The maximum absolute atomic E-state index is 14.4. The van der Waals surface area contributed by atoms with Gasteiger partial charge in [0, 0.05) is 29.4 Å². The average Bonchev–Trinajstić information content (AvgIpc) is 3.12. The monoisotopic (exact) mass is 423 g/mol. The summed E-state index contributed by atoms with van der Waals surface area (Å²) >= 11 is 6.02. The molecule has 0 bridgehead atoms. The summed E-state index contributed by atoms with van der Waals surface area (Å²) in [6.07, 6.45) is 3.93. The van der Waals surface area contributed by atoms with Crippen LogP contribution in [-0.2, 0) is 0 Å². The highest BCUT2D eigenvalue weighted by atomic mass is 35.5. The maximum atomic E-state index is 14.4. The predicted octanol–water partition coefficient (Wildman–Crippen LogP) is 3.23. The fourth-order valence-electron chi connectivity index (χ4n) is 3.82. The molecule has 1 unspecified atom stereocenters. The van der Waals surface area contributed by atoms with Gasteiger partial charge in [0.25, 0.3) is 0 Å². The number of nitrogens with zero attached hydrogens (tertiary/aromatic N) is 3. The molecule has 3 heterocycles. The normalized spacial score (nSPS) is 23.3. The van der Waals surface area contributed by atoms with Gasteiger partial charge in [-0.25, -0.2) is 23.7 Å². The van der Waals surface area contributed by atoms with Crippen LogP contribution in [0.5, 0.6) is 0 Å². The molecule has 4 N–H and O–H groups in total. The molecule has 1 aliphatic rings. The van der Waals surface area contributed by atoms with Crippen LogP contribution in [0, 0.1) is 5.82 Å². The maximum Gasteiger partial charge on any atom is 0.183 e. The van der Waals surface area contributed by atoms with E-state index >= 15 is 0 Å². The Bertz CT molecular complexity index is 1030. The minimum atomic E-state index is -1.75. The summed E-state index contributed by atoms with van der Waals surface area (Å²) in [5, 5.41) is 23.7. The Morgan fingerprint density at radius 1 is 1.38 bits per heavy atom. The Morgan fingerprint density at radius 3 is 3.00 bits per heavy atom. The van der Waals surface area contributed by atoms with E-state index in [9.17, 15) is 13.9 Å². The number of aliphatic hydroxyl groups excluding tert-OH is 1. The van der Waals surface area contributed by atoms with E-state index in [1.54, 1.807) is 12.3 Å². The van der Waals surface area contributed by atoms with Crippen LogP contribution in [0.3, 0.4) is 0 Å². The van der Waals surface area contributed by atoms with Crippen LogP contribution in [0.4, 0.5) is 14.6 Å². The molecule has 7 nitrogen and oxygen atoms in total. The second-order valence-electron chi connectivity index (χ2n) is 7.33. The van der Waals surface area contributed by atoms with Gasteiger partial charge in [0.1, 0.15) is 11.2 Å². The van der Waals surface area contributed by atoms with E-state index in [1.165, 1.54) is 6.20 Å². The summed E-state index contributed by atoms with van der Waals surface area (Å²) < 4.78 is 28.3. The topological polar surface area (TPSA) is 107 Å². The number of pyridine rings is 1. The number of rotatable bonds is 5. The lowest BCUT2D eigenvalue weighted by Crippen LogP contribution is -2.48. The summed E-state index contributed by atoms with van der Waals surface area (Å²) in [6.45, 7) is -0.758. The number of alkyl halides is 1. The molecule has 0 radical (unpaired) electrons. The van der Waals surface area contributed by atoms with Crippen LogP contribution < -0.4 is 5.32 Å². The smallest absolute Gasteiger partial charge is 0.183 e. The first-order valence-electron chi connectivity index (χ1n) is 9.29. The van der Waals surface area contributed by atoms with E-state index < -0.39 is 30.2 Å². The van der Waals surface area contributed by atoms with E-state index in [-0.39, 0.29) is 24.5 Å². The number of nitrogens with one attached hydrogen (secondary N) is 2. The van der Waals surface area contributed by atoms with Crippen molar-refractivity contribution in [3.8, 4) is 11.4 Å². The van der Waals surface area contributed by atoms with Crippen molar-refractivity contribution in [2.24, 2.45) is 0 Å². The zero-order valence-electron chi connectivity index (χ0n) is 15.4. The van der Waals surface area contributed by atoms with Crippen molar-refractivity contribution in [2.75, 3.05) is 11.9 Å². The molecular weight excluding hydrogens is 404 g/mol. The highest BCUT2D eigenvalue weighted by Gasteiger charge is 2.41. The zero-order chi connectivity index (χ0) is 20.6. The largest absolute Gasteiger partial charge is 0.393 e. The summed E-state index contributed by atoms with van der Waals surface area (Å²) in [6, 6.07) is 1.32. The van der Waals surface area contributed by atoms with Gasteiger partial charge in [-0.05, 0) is 31.7 Å².